The highest BCUT2D eigenvalue weighted by molar-refractivity contribution is 5.76. The van der Waals surface area contributed by atoms with Gasteiger partial charge in [0.1, 0.15) is 0 Å². The summed E-state index contributed by atoms with van der Waals surface area (Å²) in [6.07, 6.45) is 3.64. The molecule has 132 valence electrons. The Kier molecular flexibility index (Phi) is 5.89. The van der Waals surface area contributed by atoms with Crippen molar-refractivity contribution in [1.29, 1.82) is 0 Å². The molecule has 0 saturated carbocycles. The summed E-state index contributed by atoms with van der Waals surface area (Å²) in [6, 6.07) is 8.54. The molecule has 0 fully saturated rings. The van der Waals surface area contributed by atoms with Gasteiger partial charge in [-0.15, -0.1) is 0 Å². The van der Waals surface area contributed by atoms with Crippen molar-refractivity contribution in [3.63, 3.8) is 0 Å². The van der Waals surface area contributed by atoms with Crippen LogP contribution < -0.4 is 18.9 Å². The Labute approximate surface area is 146 Å². The van der Waals surface area contributed by atoms with Crippen LogP contribution in [-0.4, -0.2) is 32.4 Å². The molecule has 0 aliphatic heterocycles. The van der Waals surface area contributed by atoms with Gasteiger partial charge in [-0.05, 0) is 35.4 Å². The molecule has 25 heavy (non-hydrogen) atoms. The summed E-state index contributed by atoms with van der Waals surface area (Å²) >= 11 is 0. The molecule has 0 aromatic heterocycles. The molecule has 0 bridgehead atoms. The highest BCUT2D eigenvalue weighted by Gasteiger charge is 2.15. The first-order valence-electron chi connectivity index (χ1n) is 7.48. The standard InChI is InChI=1S/C19H20O6/c1-12(20)25-19-17(23-3)10-14(11-18(19)24-4)6-5-13-7-8-16(22-2)15(21)9-13/h5-11,21H,1-4H3/b6-5-. The minimum Gasteiger partial charge on any atom is -0.504 e. The summed E-state index contributed by atoms with van der Waals surface area (Å²) in [5, 5.41) is 9.83. The lowest BCUT2D eigenvalue weighted by Crippen LogP contribution is -2.05. The third kappa shape index (κ3) is 4.44. The predicted molar refractivity (Wildman–Crippen MR) is 94.4 cm³/mol. The Bertz CT molecular complexity index is 769. The Morgan fingerprint density at radius 2 is 1.44 bits per heavy atom. The Morgan fingerprint density at radius 1 is 0.880 bits per heavy atom. The van der Waals surface area contributed by atoms with E-state index < -0.39 is 5.97 Å². The fourth-order valence-electron chi connectivity index (χ4n) is 2.24. The average molecular weight is 344 g/mol. The van der Waals surface area contributed by atoms with Gasteiger partial charge in [0, 0.05) is 6.92 Å². The zero-order valence-corrected chi connectivity index (χ0v) is 14.5. The van der Waals surface area contributed by atoms with Crippen LogP contribution in [0.3, 0.4) is 0 Å². The van der Waals surface area contributed by atoms with Crippen LogP contribution in [0, 0.1) is 0 Å². The van der Waals surface area contributed by atoms with E-state index in [0.29, 0.717) is 17.2 Å². The van der Waals surface area contributed by atoms with Gasteiger partial charge < -0.3 is 24.1 Å². The second-order valence-electron chi connectivity index (χ2n) is 5.11. The van der Waals surface area contributed by atoms with E-state index >= 15 is 0 Å². The second kappa shape index (κ2) is 8.10. The van der Waals surface area contributed by atoms with E-state index in [1.54, 1.807) is 24.3 Å². The van der Waals surface area contributed by atoms with Crippen LogP contribution in [0.2, 0.25) is 0 Å². The van der Waals surface area contributed by atoms with Crippen LogP contribution in [0.4, 0.5) is 0 Å². The summed E-state index contributed by atoms with van der Waals surface area (Å²) < 4.78 is 20.7. The smallest absolute Gasteiger partial charge is 0.308 e. The number of carbonyl (C=O) groups excluding carboxylic acids is 1. The molecule has 0 radical (unpaired) electrons. The van der Waals surface area contributed by atoms with Crippen LogP contribution in [0.15, 0.2) is 30.3 Å². The van der Waals surface area contributed by atoms with E-state index in [1.165, 1.54) is 28.3 Å². The number of esters is 1. The van der Waals surface area contributed by atoms with Crippen molar-refractivity contribution in [1.82, 2.24) is 0 Å². The van der Waals surface area contributed by atoms with Gasteiger partial charge in [-0.3, -0.25) is 4.79 Å². The van der Waals surface area contributed by atoms with E-state index in [1.807, 2.05) is 18.2 Å². The zero-order valence-electron chi connectivity index (χ0n) is 14.5. The summed E-state index contributed by atoms with van der Waals surface area (Å²) in [5.74, 6) is 1.00. The van der Waals surface area contributed by atoms with Gasteiger partial charge in [-0.2, -0.15) is 0 Å². The van der Waals surface area contributed by atoms with E-state index in [-0.39, 0.29) is 11.5 Å². The van der Waals surface area contributed by atoms with Crippen LogP contribution in [0.5, 0.6) is 28.7 Å². The minimum absolute atomic E-state index is 0.0602. The molecule has 1 N–H and O–H groups in total. The van der Waals surface area contributed by atoms with Crippen molar-refractivity contribution in [3.05, 3.63) is 41.5 Å². The predicted octanol–water partition coefficient (Wildman–Crippen LogP) is 3.51. The van der Waals surface area contributed by atoms with Crippen molar-refractivity contribution < 1.29 is 28.8 Å². The topological polar surface area (TPSA) is 74.2 Å². The SMILES string of the molecule is COc1ccc(/C=C\c2cc(OC)c(OC(C)=O)c(OC)c2)cc1O. The van der Waals surface area contributed by atoms with Crippen molar-refractivity contribution in [2.24, 2.45) is 0 Å². The largest absolute Gasteiger partial charge is 0.504 e. The highest BCUT2D eigenvalue weighted by atomic mass is 16.6. The number of benzene rings is 2. The summed E-state index contributed by atoms with van der Waals surface area (Å²) in [4.78, 5) is 11.2. The molecule has 0 atom stereocenters. The molecule has 0 saturated heterocycles. The third-order valence-electron chi connectivity index (χ3n) is 3.40. The maximum atomic E-state index is 11.2. The fourth-order valence-corrected chi connectivity index (χ4v) is 2.24. The van der Waals surface area contributed by atoms with E-state index in [2.05, 4.69) is 0 Å². The Balaban J connectivity index is 2.36. The zero-order chi connectivity index (χ0) is 18.4. The summed E-state index contributed by atoms with van der Waals surface area (Å²) in [6.45, 7) is 1.31. The Hall–Kier alpha value is -3.15. The molecule has 0 spiro atoms. The first-order chi connectivity index (χ1) is 12.0. The normalized spacial score (nSPS) is 10.6. The number of methoxy groups -OCH3 is 3. The molecular weight excluding hydrogens is 324 g/mol. The number of phenolic OH excluding ortho intramolecular Hbond substituents is 1. The first kappa shape index (κ1) is 18.2. The van der Waals surface area contributed by atoms with Crippen molar-refractivity contribution in [2.75, 3.05) is 21.3 Å². The monoisotopic (exact) mass is 344 g/mol. The molecule has 6 heteroatoms. The quantitative estimate of drug-likeness (QED) is 0.491. The molecule has 0 heterocycles. The molecular formula is C19H20O6. The van der Waals surface area contributed by atoms with Crippen molar-refractivity contribution in [3.8, 4) is 28.7 Å². The molecule has 2 rings (SSSR count). The van der Waals surface area contributed by atoms with E-state index in [0.717, 1.165) is 11.1 Å². The lowest BCUT2D eigenvalue weighted by atomic mass is 10.1. The minimum atomic E-state index is -0.464. The van der Waals surface area contributed by atoms with Crippen LogP contribution in [-0.2, 0) is 4.79 Å². The van der Waals surface area contributed by atoms with Crippen molar-refractivity contribution in [2.45, 2.75) is 6.92 Å². The van der Waals surface area contributed by atoms with Gasteiger partial charge in [0.25, 0.3) is 0 Å². The van der Waals surface area contributed by atoms with Gasteiger partial charge in [-0.1, -0.05) is 18.2 Å². The lowest BCUT2D eigenvalue weighted by Gasteiger charge is -2.13. The van der Waals surface area contributed by atoms with Gasteiger partial charge >= 0.3 is 5.97 Å². The third-order valence-corrected chi connectivity index (χ3v) is 3.40. The summed E-state index contributed by atoms with van der Waals surface area (Å²) in [7, 11) is 4.46. The average Bonchev–Trinajstić information content (AvgIpc) is 2.60. The molecule has 2 aromatic rings. The van der Waals surface area contributed by atoms with Crippen LogP contribution in [0.1, 0.15) is 18.1 Å². The molecule has 2 aromatic carbocycles. The molecule has 0 aliphatic rings. The van der Waals surface area contributed by atoms with E-state index in [9.17, 15) is 9.90 Å². The van der Waals surface area contributed by atoms with Gasteiger partial charge in [0.15, 0.2) is 23.0 Å². The van der Waals surface area contributed by atoms with Gasteiger partial charge in [-0.25, -0.2) is 0 Å². The molecule has 6 nitrogen and oxygen atoms in total. The lowest BCUT2D eigenvalue weighted by molar-refractivity contribution is -0.132. The van der Waals surface area contributed by atoms with Crippen LogP contribution in [0.25, 0.3) is 12.2 Å². The number of hydrogen-bond donors (Lipinski definition) is 1. The summed E-state index contributed by atoms with van der Waals surface area (Å²) in [5.41, 5.74) is 1.57. The number of ether oxygens (including phenoxy) is 4. The van der Waals surface area contributed by atoms with Crippen molar-refractivity contribution >= 4 is 18.1 Å². The highest BCUT2D eigenvalue weighted by Crippen LogP contribution is 2.39. The number of carbonyl (C=O) groups is 1. The first-order valence-corrected chi connectivity index (χ1v) is 7.48. The second-order valence-corrected chi connectivity index (χ2v) is 5.11. The number of phenols is 1. The van der Waals surface area contributed by atoms with E-state index in [4.69, 9.17) is 18.9 Å². The van der Waals surface area contributed by atoms with Crippen LogP contribution >= 0.6 is 0 Å². The molecule has 0 unspecified atom stereocenters. The molecule has 0 aliphatic carbocycles. The Morgan fingerprint density at radius 3 is 1.92 bits per heavy atom. The molecule has 0 amide bonds. The fraction of sp³-hybridized carbons (Fsp3) is 0.211. The maximum absolute atomic E-state index is 11.2. The van der Waals surface area contributed by atoms with Gasteiger partial charge in [0.2, 0.25) is 5.75 Å². The number of aromatic hydroxyl groups is 1. The number of rotatable bonds is 6. The van der Waals surface area contributed by atoms with Gasteiger partial charge in [0.05, 0.1) is 21.3 Å². The number of hydrogen-bond acceptors (Lipinski definition) is 6. The maximum Gasteiger partial charge on any atom is 0.308 e.